The lowest BCUT2D eigenvalue weighted by atomic mass is 9.69. The van der Waals surface area contributed by atoms with Crippen molar-refractivity contribution in [3.8, 4) is 0 Å². The molecule has 1 heterocycles. The molecule has 0 spiro atoms. The average molecular weight is 243 g/mol. The average Bonchev–Trinajstić information content (AvgIpc) is 2.82. The molecule has 1 aromatic rings. The summed E-state index contributed by atoms with van der Waals surface area (Å²) in [5.74, 6) is 0.531. The second-order valence-electron chi connectivity index (χ2n) is 6.12. The molecule has 1 unspecified atom stereocenters. The molecule has 3 rings (SSSR count). The van der Waals surface area contributed by atoms with E-state index in [1.54, 1.807) is 0 Å². The van der Waals surface area contributed by atoms with Crippen LogP contribution >= 0.6 is 0 Å². The van der Waals surface area contributed by atoms with Crippen molar-refractivity contribution >= 4 is 5.78 Å². The largest absolute Gasteiger partial charge is 0.298 e. The number of Topliss-reactive ketones (excluding diaryl/α,β-unsaturated/α-hetero) is 1. The fraction of sp³-hybridized carbons (Fsp3) is 0.625. The molecule has 2 aliphatic rings. The van der Waals surface area contributed by atoms with Crippen LogP contribution in [0.3, 0.4) is 0 Å². The van der Waals surface area contributed by atoms with Crippen LogP contribution in [-0.2, 0) is 11.2 Å². The minimum Gasteiger partial charge on any atom is -0.298 e. The smallest absolute Gasteiger partial charge is 0.147 e. The molecule has 2 heteroatoms. The highest BCUT2D eigenvalue weighted by atomic mass is 16.1. The molecule has 0 aromatic carbocycles. The highest BCUT2D eigenvalue weighted by molar-refractivity contribution is 5.91. The van der Waals surface area contributed by atoms with Crippen LogP contribution in [0, 0.1) is 5.41 Å². The second kappa shape index (κ2) is 4.49. The van der Waals surface area contributed by atoms with Gasteiger partial charge in [0.15, 0.2) is 0 Å². The third-order valence-electron chi connectivity index (χ3n) is 4.83. The number of rotatable bonds is 2. The topological polar surface area (TPSA) is 30.0 Å². The minimum atomic E-state index is -0.0813. The Hall–Kier alpha value is -1.18. The Kier molecular flexibility index (Phi) is 2.96. The molecule has 1 saturated carbocycles. The van der Waals surface area contributed by atoms with Crippen LogP contribution in [-0.4, -0.2) is 10.8 Å². The van der Waals surface area contributed by atoms with E-state index >= 15 is 0 Å². The van der Waals surface area contributed by atoms with Crippen LogP contribution in [0.5, 0.6) is 0 Å². The summed E-state index contributed by atoms with van der Waals surface area (Å²) < 4.78 is 0. The fourth-order valence-electron chi connectivity index (χ4n) is 3.67. The van der Waals surface area contributed by atoms with Gasteiger partial charge in [-0.05, 0) is 37.3 Å². The van der Waals surface area contributed by atoms with E-state index in [1.807, 2.05) is 12.3 Å². The zero-order valence-electron chi connectivity index (χ0n) is 11.1. The van der Waals surface area contributed by atoms with Crippen LogP contribution in [0.2, 0.25) is 0 Å². The number of aromatic nitrogens is 1. The molecule has 0 N–H and O–H groups in total. The molecule has 1 fully saturated rings. The first-order valence-corrected chi connectivity index (χ1v) is 7.19. The van der Waals surface area contributed by atoms with E-state index in [4.69, 9.17) is 0 Å². The van der Waals surface area contributed by atoms with Crippen molar-refractivity contribution < 1.29 is 4.79 Å². The van der Waals surface area contributed by atoms with Crippen molar-refractivity contribution in [1.29, 1.82) is 0 Å². The van der Waals surface area contributed by atoms with Crippen LogP contribution in [0.4, 0.5) is 0 Å². The van der Waals surface area contributed by atoms with Crippen molar-refractivity contribution in [3.05, 3.63) is 29.6 Å². The van der Waals surface area contributed by atoms with Crippen LogP contribution in [0.1, 0.15) is 62.6 Å². The summed E-state index contributed by atoms with van der Waals surface area (Å²) in [5, 5.41) is 0. The van der Waals surface area contributed by atoms with Gasteiger partial charge in [0.1, 0.15) is 5.78 Å². The number of fused-ring (bicyclic) bond motifs is 1. The summed E-state index contributed by atoms with van der Waals surface area (Å²) in [7, 11) is 0. The van der Waals surface area contributed by atoms with Gasteiger partial charge in [-0.3, -0.25) is 9.78 Å². The zero-order valence-corrected chi connectivity index (χ0v) is 11.1. The maximum absolute atomic E-state index is 12.8. The number of aryl methyl sites for hydroxylation is 1. The minimum absolute atomic E-state index is 0.0734. The molecule has 0 amide bonds. The number of nitrogens with zero attached hydrogens (tertiary/aromatic N) is 1. The predicted molar refractivity (Wildman–Crippen MR) is 71.5 cm³/mol. The number of hydrogen-bond acceptors (Lipinski definition) is 2. The third-order valence-corrected chi connectivity index (χ3v) is 4.83. The highest BCUT2D eigenvalue weighted by Crippen LogP contribution is 2.43. The van der Waals surface area contributed by atoms with Gasteiger partial charge in [0, 0.05) is 11.6 Å². The van der Waals surface area contributed by atoms with Crippen LogP contribution in [0.25, 0.3) is 0 Å². The molecule has 0 saturated heterocycles. The SMILES string of the molecule is CC1(C(=O)C2CCc3cccnc32)CCCCC1. The molecule has 2 nitrogen and oxygen atoms in total. The summed E-state index contributed by atoms with van der Waals surface area (Å²) >= 11 is 0. The first-order chi connectivity index (χ1) is 8.71. The quantitative estimate of drug-likeness (QED) is 0.793. The van der Waals surface area contributed by atoms with Gasteiger partial charge in [0.25, 0.3) is 0 Å². The Labute approximate surface area is 109 Å². The number of pyridine rings is 1. The van der Waals surface area contributed by atoms with Gasteiger partial charge in [-0.2, -0.15) is 0 Å². The van der Waals surface area contributed by atoms with Gasteiger partial charge in [-0.15, -0.1) is 0 Å². The lowest BCUT2D eigenvalue weighted by Crippen LogP contribution is -2.34. The van der Waals surface area contributed by atoms with E-state index in [2.05, 4.69) is 18.0 Å². The maximum Gasteiger partial charge on any atom is 0.147 e. The summed E-state index contributed by atoms with van der Waals surface area (Å²) in [5.41, 5.74) is 2.27. The van der Waals surface area contributed by atoms with E-state index in [-0.39, 0.29) is 11.3 Å². The fourth-order valence-corrected chi connectivity index (χ4v) is 3.67. The summed E-state index contributed by atoms with van der Waals surface area (Å²) in [4.78, 5) is 17.3. The molecule has 2 aliphatic carbocycles. The molecule has 96 valence electrons. The number of carbonyl (C=O) groups is 1. The van der Waals surface area contributed by atoms with Crippen molar-refractivity contribution in [1.82, 2.24) is 4.98 Å². The molecule has 0 bridgehead atoms. The summed E-state index contributed by atoms with van der Waals surface area (Å²) in [6.45, 7) is 2.18. The Balaban J connectivity index is 1.86. The van der Waals surface area contributed by atoms with Gasteiger partial charge >= 0.3 is 0 Å². The van der Waals surface area contributed by atoms with Gasteiger partial charge in [-0.1, -0.05) is 32.3 Å². The molecular weight excluding hydrogens is 222 g/mol. The Morgan fingerprint density at radius 3 is 2.89 bits per heavy atom. The Morgan fingerprint density at radius 1 is 1.33 bits per heavy atom. The molecule has 1 atom stereocenters. The van der Waals surface area contributed by atoms with Crippen LogP contribution in [0.15, 0.2) is 18.3 Å². The van der Waals surface area contributed by atoms with Crippen molar-refractivity contribution in [2.24, 2.45) is 5.41 Å². The van der Waals surface area contributed by atoms with Gasteiger partial charge in [-0.25, -0.2) is 0 Å². The van der Waals surface area contributed by atoms with Crippen LogP contribution < -0.4 is 0 Å². The monoisotopic (exact) mass is 243 g/mol. The Bertz CT molecular complexity index is 460. The predicted octanol–water partition coefficient (Wildman–Crippen LogP) is 3.65. The standard InChI is InChI=1S/C16H21NO/c1-16(9-3-2-4-10-16)15(18)13-8-7-12-6-5-11-17-14(12)13/h5-6,11,13H,2-4,7-10H2,1H3. The van der Waals surface area contributed by atoms with Crippen molar-refractivity contribution in [2.75, 3.05) is 0 Å². The van der Waals surface area contributed by atoms with E-state index in [0.717, 1.165) is 31.4 Å². The normalized spacial score (nSPS) is 25.7. The molecule has 18 heavy (non-hydrogen) atoms. The number of carbonyl (C=O) groups excluding carboxylic acids is 1. The van der Waals surface area contributed by atoms with E-state index in [1.165, 1.54) is 24.8 Å². The van der Waals surface area contributed by atoms with Crippen molar-refractivity contribution in [2.45, 2.75) is 57.8 Å². The maximum atomic E-state index is 12.8. The van der Waals surface area contributed by atoms with Gasteiger partial charge in [0.2, 0.25) is 0 Å². The van der Waals surface area contributed by atoms with Gasteiger partial charge < -0.3 is 0 Å². The lowest BCUT2D eigenvalue weighted by molar-refractivity contribution is -0.131. The molecule has 0 aliphatic heterocycles. The Morgan fingerprint density at radius 2 is 2.11 bits per heavy atom. The third kappa shape index (κ3) is 1.88. The number of ketones is 1. The summed E-state index contributed by atoms with van der Waals surface area (Å²) in [6.07, 6.45) is 9.69. The number of hydrogen-bond donors (Lipinski definition) is 0. The first-order valence-electron chi connectivity index (χ1n) is 7.19. The molecule has 0 radical (unpaired) electrons. The first kappa shape index (κ1) is 11.9. The van der Waals surface area contributed by atoms with E-state index < -0.39 is 0 Å². The van der Waals surface area contributed by atoms with E-state index in [9.17, 15) is 4.79 Å². The van der Waals surface area contributed by atoms with Crippen molar-refractivity contribution in [3.63, 3.8) is 0 Å². The highest BCUT2D eigenvalue weighted by Gasteiger charge is 2.41. The lowest BCUT2D eigenvalue weighted by Gasteiger charge is -2.34. The summed E-state index contributed by atoms with van der Waals surface area (Å²) in [6, 6.07) is 4.10. The van der Waals surface area contributed by atoms with E-state index in [0.29, 0.717) is 5.78 Å². The molecular formula is C16H21NO. The zero-order chi connectivity index (χ0) is 12.6. The second-order valence-corrected chi connectivity index (χ2v) is 6.12. The van der Waals surface area contributed by atoms with Gasteiger partial charge in [0.05, 0.1) is 11.6 Å². The molecule has 1 aromatic heterocycles.